The zero-order valence-corrected chi connectivity index (χ0v) is 13.0. The van der Waals surface area contributed by atoms with Gasteiger partial charge in [0.2, 0.25) is 0 Å². The van der Waals surface area contributed by atoms with E-state index >= 15 is 0 Å². The highest BCUT2D eigenvalue weighted by molar-refractivity contribution is 7.90. The molecule has 0 aliphatic rings. The first-order valence-corrected chi connectivity index (χ1v) is 8.39. The second-order valence-corrected chi connectivity index (χ2v) is 6.97. The van der Waals surface area contributed by atoms with Crippen LogP contribution in [0.2, 0.25) is 0 Å². The summed E-state index contributed by atoms with van der Waals surface area (Å²) in [7, 11) is -3.41. The minimum Gasteiger partial charge on any atom is -0.457 e. The summed E-state index contributed by atoms with van der Waals surface area (Å²) in [5.74, 6) is -1.06. The van der Waals surface area contributed by atoms with E-state index in [0.29, 0.717) is 11.1 Å². The van der Waals surface area contributed by atoms with E-state index in [4.69, 9.17) is 4.74 Å². The van der Waals surface area contributed by atoms with Crippen LogP contribution in [-0.2, 0) is 21.2 Å². The highest BCUT2D eigenvalue weighted by Crippen LogP contribution is 2.17. The number of carbonyl (C=O) groups excluding carboxylic acids is 1. The number of carbonyl (C=O) groups is 1. The molecule has 0 spiro atoms. The summed E-state index contributed by atoms with van der Waals surface area (Å²) in [4.78, 5) is 12.1. The Hall–Kier alpha value is -2.21. The van der Waals surface area contributed by atoms with Crippen molar-refractivity contribution in [2.45, 2.75) is 18.4 Å². The van der Waals surface area contributed by atoms with E-state index in [1.165, 1.54) is 30.3 Å². The summed E-state index contributed by atoms with van der Waals surface area (Å²) in [6.07, 6.45) is 1.07. The maximum Gasteiger partial charge on any atom is 0.338 e. The second-order valence-electron chi connectivity index (χ2n) is 4.95. The SMILES string of the molecule is Cc1ccc(S(C)(=O)=O)cc1C(=O)OCc1cccc(F)c1. The fourth-order valence-electron chi connectivity index (χ4n) is 1.91. The number of rotatable bonds is 4. The van der Waals surface area contributed by atoms with Gasteiger partial charge in [0.05, 0.1) is 10.5 Å². The van der Waals surface area contributed by atoms with Gasteiger partial charge >= 0.3 is 5.97 Å². The molecule has 116 valence electrons. The molecule has 0 bridgehead atoms. The molecule has 0 atom stereocenters. The normalized spacial score (nSPS) is 11.2. The Morgan fingerprint density at radius 1 is 1.18 bits per heavy atom. The fourth-order valence-corrected chi connectivity index (χ4v) is 2.55. The smallest absolute Gasteiger partial charge is 0.338 e. The standard InChI is InChI=1S/C16H15FO4S/c1-11-6-7-14(22(2,19)20)9-15(11)16(18)21-10-12-4-3-5-13(17)8-12/h3-9H,10H2,1-2H3. The first-order chi connectivity index (χ1) is 10.3. The number of halogens is 1. The number of ether oxygens (including phenoxy) is 1. The van der Waals surface area contributed by atoms with Gasteiger partial charge in [-0.15, -0.1) is 0 Å². The van der Waals surface area contributed by atoms with Crippen molar-refractivity contribution >= 4 is 15.8 Å². The van der Waals surface area contributed by atoms with E-state index in [9.17, 15) is 17.6 Å². The van der Waals surface area contributed by atoms with Crippen LogP contribution in [0.1, 0.15) is 21.5 Å². The van der Waals surface area contributed by atoms with Crippen molar-refractivity contribution in [1.29, 1.82) is 0 Å². The van der Waals surface area contributed by atoms with E-state index in [2.05, 4.69) is 0 Å². The van der Waals surface area contributed by atoms with E-state index in [1.807, 2.05) is 0 Å². The number of hydrogen-bond donors (Lipinski definition) is 0. The van der Waals surface area contributed by atoms with Gasteiger partial charge in [-0.1, -0.05) is 18.2 Å². The van der Waals surface area contributed by atoms with Gasteiger partial charge in [-0.05, 0) is 42.3 Å². The molecule has 0 amide bonds. The average Bonchev–Trinajstić information content (AvgIpc) is 2.44. The summed E-state index contributed by atoms with van der Waals surface area (Å²) in [6, 6.07) is 10.0. The zero-order valence-electron chi connectivity index (χ0n) is 12.2. The summed E-state index contributed by atoms with van der Waals surface area (Å²) >= 11 is 0. The predicted octanol–water partition coefficient (Wildman–Crippen LogP) is 2.89. The van der Waals surface area contributed by atoms with Gasteiger partial charge in [-0.25, -0.2) is 17.6 Å². The van der Waals surface area contributed by atoms with E-state index in [0.717, 1.165) is 6.26 Å². The molecule has 22 heavy (non-hydrogen) atoms. The second kappa shape index (κ2) is 6.27. The lowest BCUT2D eigenvalue weighted by Crippen LogP contribution is -2.09. The minimum absolute atomic E-state index is 0.0517. The third-order valence-electron chi connectivity index (χ3n) is 3.12. The molecule has 0 aliphatic carbocycles. The largest absolute Gasteiger partial charge is 0.457 e. The van der Waals surface area contributed by atoms with Crippen molar-refractivity contribution in [1.82, 2.24) is 0 Å². The van der Waals surface area contributed by atoms with Gasteiger partial charge in [-0.2, -0.15) is 0 Å². The molecular formula is C16H15FO4S. The molecule has 2 aromatic rings. The molecule has 2 rings (SSSR count). The zero-order chi connectivity index (χ0) is 16.3. The molecule has 0 heterocycles. The molecule has 0 saturated heterocycles. The molecule has 0 saturated carbocycles. The van der Waals surface area contributed by atoms with E-state index in [1.54, 1.807) is 19.1 Å². The van der Waals surface area contributed by atoms with E-state index < -0.39 is 21.6 Å². The van der Waals surface area contributed by atoms with Crippen molar-refractivity contribution in [3.05, 3.63) is 65.0 Å². The van der Waals surface area contributed by atoms with Crippen molar-refractivity contribution in [2.75, 3.05) is 6.26 Å². The Bertz CT molecular complexity index is 813. The number of aryl methyl sites for hydroxylation is 1. The molecule has 0 radical (unpaired) electrons. The Morgan fingerprint density at radius 2 is 1.91 bits per heavy atom. The Labute approximate surface area is 128 Å². The maximum atomic E-state index is 13.1. The third-order valence-corrected chi connectivity index (χ3v) is 4.23. The number of sulfone groups is 1. The molecule has 0 unspecified atom stereocenters. The van der Waals surface area contributed by atoms with Crippen molar-refractivity contribution < 1.29 is 22.3 Å². The summed E-state index contributed by atoms with van der Waals surface area (Å²) in [5, 5.41) is 0. The van der Waals surface area contributed by atoms with Crippen LogP contribution in [0.3, 0.4) is 0 Å². The van der Waals surface area contributed by atoms with Gasteiger partial charge < -0.3 is 4.74 Å². The lowest BCUT2D eigenvalue weighted by atomic mass is 10.1. The molecule has 6 heteroatoms. The van der Waals surface area contributed by atoms with E-state index in [-0.39, 0.29) is 17.1 Å². The summed E-state index contributed by atoms with van der Waals surface area (Å²) in [6.45, 7) is 1.60. The molecule has 2 aromatic carbocycles. The minimum atomic E-state index is -3.41. The number of benzene rings is 2. The van der Waals surface area contributed by atoms with Gasteiger partial charge in [0, 0.05) is 6.26 Å². The fraction of sp³-hybridized carbons (Fsp3) is 0.188. The van der Waals surface area contributed by atoms with Crippen LogP contribution in [0.25, 0.3) is 0 Å². The Kier molecular flexibility index (Phi) is 4.61. The Morgan fingerprint density at radius 3 is 2.55 bits per heavy atom. The summed E-state index contributed by atoms with van der Waals surface area (Å²) < 4.78 is 41.3. The summed E-state index contributed by atoms with van der Waals surface area (Å²) in [5.41, 5.74) is 1.31. The van der Waals surface area contributed by atoms with Crippen LogP contribution in [0.15, 0.2) is 47.4 Å². The molecule has 0 aliphatic heterocycles. The maximum absolute atomic E-state index is 13.1. The molecule has 4 nitrogen and oxygen atoms in total. The highest BCUT2D eigenvalue weighted by Gasteiger charge is 2.15. The van der Waals surface area contributed by atoms with Crippen LogP contribution in [0.5, 0.6) is 0 Å². The van der Waals surface area contributed by atoms with Crippen LogP contribution in [0.4, 0.5) is 4.39 Å². The highest BCUT2D eigenvalue weighted by atomic mass is 32.2. The van der Waals surface area contributed by atoms with Crippen LogP contribution < -0.4 is 0 Å². The van der Waals surface area contributed by atoms with Crippen molar-refractivity contribution in [3.8, 4) is 0 Å². The first kappa shape index (κ1) is 16.2. The van der Waals surface area contributed by atoms with Gasteiger partial charge in [0.25, 0.3) is 0 Å². The quantitative estimate of drug-likeness (QED) is 0.812. The van der Waals surface area contributed by atoms with Crippen molar-refractivity contribution in [3.63, 3.8) is 0 Å². The average molecular weight is 322 g/mol. The Balaban J connectivity index is 2.19. The number of hydrogen-bond acceptors (Lipinski definition) is 4. The molecule has 0 N–H and O–H groups in total. The molecule has 0 aromatic heterocycles. The van der Waals surface area contributed by atoms with Gasteiger partial charge in [-0.3, -0.25) is 0 Å². The topological polar surface area (TPSA) is 60.4 Å². The predicted molar refractivity (Wildman–Crippen MR) is 79.8 cm³/mol. The van der Waals surface area contributed by atoms with Crippen molar-refractivity contribution in [2.24, 2.45) is 0 Å². The lowest BCUT2D eigenvalue weighted by Gasteiger charge is -2.09. The van der Waals surface area contributed by atoms with Crippen LogP contribution >= 0.6 is 0 Å². The van der Waals surface area contributed by atoms with Crippen LogP contribution in [0, 0.1) is 12.7 Å². The van der Waals surface area contributed by atoms with Gasteiger partial charge in [0.1, 0.15) is 12.4 Å². The van der Waals surface area contributed by atoms with Gasteiger partial charge in [0.15, 0.2) is 9.84 Å². The monoisotopic (exact) mass is 322 g/mol. The lowest BCUT2D eigenvalue weighted by molar-refractivity contribution is 0.0471. The molecular weight excluding hydrogens is 307 g/mol. The number of esters is 1. The third kappa shape index (κ3) is 3.92. The molecule has 0 fully saturated rings. The van der Waals surface area contributed by atoms with Crippen LogP contribution in [-0.4, -0.2) is 20.6 Å². The first-order valence-electron chi connectivity index (χ1n) is 6.49.